The predicted octanol–water partition coefficient (Wildman–Crippen LogP) is 8.13. The summed E-state index contributed by atoms with van der Waals surface area (Å²) in [4.78, 5) is 14.9. The van der Waals surface area contributed by atoms with E-state index in [2.05, 4.69) is 44.2 Å². The molecule has 0 N–H and O–H groups in total. The molecule has 0 aliphatic heterocycles. The third-order valence-corrected chi connectivity index (χ3v) is 8.20. The third-order valence-electron chi connectivity index (χ3n) is 5.69. The Balaban J connectivity index is 1.95. The Kier molecular flexibility index (Phi) is 12.5. The first kappa shape index (κ1) is 25.5. The second kappa shape index (κ2) is 15.1. The molecule has 0 aliphatic carbocycles. The maximum atomic E-state index is 12.2. The van der Waals surface area contributed by atoms with Gasteiger partial charge in [-0.3, -0.25) is 0 Å². The fourth-order valence-corrected chi connectivity index (χ4v) is 6.33. The van der Waals surface area contributed by atoms with Crippen molar-refractivity contribution in [2.24, 2.45) is 0 Å². The molecule has 0 spiro atoms. The maximum absolute atomic E-state index is 12.2. The molecule has 1 atom stereocenters. The van der Waals surface area contributed by atoms with Crippen molar-refractivity contribution in [2.75, 3.05) is 12.4 Å². The van der Waals surface area contributed by atoms with Crippen LogP contribution in [0.15, 0.2) is 58.3 Å². The third kappa shape index (κ3) is 9.11. The maximum Gasteiger partial charge on any atom is 0.338 e. The lowest BCUT2D eigenvalue weighted by Gasteiger charge is -2.11. The van der Waals surface area contributed by atoms with Gasteiger partial charge in [-0.05, 0) is 44.9 Å². The summed E-state index contributed by atoms with van der Waals surface area (Å²) in [6.45, 7) is 6.73. The quantitative estimate of drug-likeness (QED) is 0.158. The lowest BCUT2D eigenvalue weighted by Crippen LogP contribution is -2.12. The Hall–Kier alpha value is -1.74. The van der Waals surface area contributed by atoms with E-state index in [0.717, 1.165) is 5.75 Å². The molecule has 0 amide bonds. The van der Waals surface area contributed by atoms with E-state index in [1.54, 1.807) is 0 Å². The molecule has 2 nitrogen and oxygen atoms in total. The Labute approximate surface area is 193 Å². The second-order valence-electron chi connectivity index (χ2n) is 8.29. The minimum absolute atomic E-state index is 0.0140. The van der Waals surface area contributed by atoms with Crippen molar-refractivity contribution in [3.05, 3.63) is 59.7 Å². The smallest absolute Gasteiger partial charge is 0.338 e. The van der Waals surface area contributed by atoms with Crippen molar-refractivity contribution < 1.29 is 9.53 Å². The molecular weight excluding hydrogens is 400 g/mol. The van der Waals surface area contributed by atoms with E-state index >= 15 is 0 Å². The summed E-state index contributed by atoms with van der Waals surface area (Å²) in [6.07, 6.45) is 13.5. The number of rotatable bonds is 15. The number of carbonyl (C=O) groups is 1. The highest BCUT2D eigenvalue weighted by Gasteiger charge is 2.27. The van der Waals surface area contributed by atoms with Crippen LogP contribution < -0.4 is 0 Å². The Morgan fingerprint density at radius 3 is 2.10 bits per heavy atom. The highest BCUT2D eigenvalue weighted by Crippen LogP contribution is 2.28. The molecule has 0 aliphatic rings. The highest BCUT2D eigenvalue weighted by molar-refractivity contribution is 7.97. The summed E-state index contributed by atoms with van der Waals surface area (Å²) in [6, 6.07) is 16.8. The summed E-state index contributed by atoms with van der Waals surface area (Å²) in [5, 5.41) is 0. The van der Waals surface area contributed by atoms with Crippen LogP contribution in [0.25, 0.3) is 0 Å². The number of aryl methyl sites for hydroxylation is 1. The van der Waals surface area contributed by atoms with Gasteiger partial charge in [0, 0.05) is 11.6 Å². The zero-order valence-electron chi connectivity index (χ0n) is 19.8. The van der Waals surface area contributed by atoms with Crippen LogP contribution >= 0.6 is 0 Å². The number of unbranched alkanes of at least 4 members (excludes halogenated alkanes) is 9. The van der Waals surface area contributed by atoms with Crippen LogP contribution in [0.4, 0.5) is 0 Å². The largest absolute Gasteiger partial charge is 0.462 e. The lowest BCUT2D eigenvalue weighted by molar-refractivity contribution is 0.0526. The summed E-state index contributed by atoms with van der Waals surface area (Å²) in [5.74, 6) is 0.921. The molecule has 2 aromatic carbocycles. The van der Waals surface area contributed by atoms with Gasteiger partial charge in [0.25, 0.3) is 0 Å². The Morgan fingerprint density at radius 2 is 1.45 bits per heavy atom. The zero-order valence-corrected chi connectivity index (χ0v) is 20.6. The van der Waals surface area contributed by atoms with Gasteiger partial charge in [-0.1, -0.05) is 82.6 Å². The number of hydrogen-bond donors (Lipinski definition) is 0. The number of ether oxygens (including phenoxy) is 1. The van der Waals surface area contributed by atoms with Gasteiger partial charge in [-0.15, -0.1) is 0 Å². The molecule has 2 rings (SSSR count). The summed E-state index contributed by atoms with van der Waals surface area (Å²) in [5.41, 5.74) is 1.99. The summed E-state index contributed by atoms with van der Waals surface area (Å²) in [7, 11) is -0.0140. The van der Waals surface area contributed by atoms with Gasteiger partial charge in [0.15, 0.2) is 9.79 Å². The first-order chi connectivity index (χ1) is 15.2. The van der Waals surface area contributed by atoms with Crippen LogP contribution in [0, 0.1) is 6.92 Å². The van der Waals surface area contributed by atoms with E-state index in [1.807, 2.05) is 25.1 Å². The van der Waals surface area contributed by atoms with Gasteiger partial charge in [-0.2, -0.15) is 0 Å². The molecule has 0 fully saturated rings. The van der Waals surface area contributed by atoms with Gasteiger partial charge in [-0.25, -0.2) is 4.79 Å². The van der Waals surface area contributed by atoms with E-state index < -0.39 is 0 Å². The van der Waals surface area contributed by atoms with Crippen molar-refractivity contribution in [1.82, 2.24) is 0 Å². The van der Waals surface area contributed by atoms with Crippen molar-refractivity contribution in [2.45, 2.75) is 94.8 Å². The fraction of sp³-hybridized carbons (Fsp3) is 0.536. The van der Waals surface area contributed by atoms with Gasteiger partial charge in [0.2, 0.25) is 0 Å². The minimum Gasteiger partial charge on any atom is -0.462 e. The monoisotopic (exact) mass is 441 g/mol. The zero-order chi connectivity index (χ0) is 22.3. The van der Waals surface area contributed by atoms with Crippen LogP contribution in [-0.2, 0) is 15.6 Å². The van der Waals surface area contributed by atoms with Crippen LogP contribution in [0.1, 0.15) is 94.0 Å². The highest BCUT2D eigenvalue weighted by atomic mass is 32.2. The molecule has 0 aromatic heterocycles. The van der Waals surface area contributed by atoms with Crippen LogP contribution in [0.2, 0.25) is 0 Å². The molecule has 3 heteroatoms. The Morgan fingerprint density at radius 1 is 0.806 bits per heavy atom. The molecule has 0 saturated heterocycles. The molecule has 0 radical (unpaired) electrons. The van der Waals surface area contributed by atoms with Crippen molar-refractivity contribution in [3.8, 4) is 0 Å². The molecule has 170 valence electrons. The van der Waals surface area contributed by atoms with Gasteiger partial charge < -0.3 is 4.74 Å². The van der Waals surface area contributed by atoms with Crippen molar-refractivity contribution >= 4 is 16.9 Å². The molecule has 0 bridgehead atoms. The summed E-state index contributed by atoms with van der Waals surface area (Å²) >= 11 is 0. The number of esters is 1. The van der Waals surface area contributed by atoms with Crippen LogP contribution in [-0.4, -0.2) is 18.3 Å². The Bertz CT molecular complexity index is 771. The molecule has 31 heavy (non-hydrogen) atoms. The SMILES string of the molecule is CCCCCCCCCCCC[S+](c1cccc(C(=O)OCC)c1)c1ccccc1C. The second-order valence-corrected chi connectivity index (χ2v) is 10.4. The number of benzene rings is 2. The lowest BCUT2D eigenvalue weighted by atomic mass is 10.1. The number of carbonyl (C=O) groups excluding carboxylic acids is 1. The molecule has 0 heterocycles. The average Bonchev–Trinajstić information content (AvgIpc) is 2.78. The normalized spacial score (nSPS) is 12.0. The van der Waals surface area contributed by atoms with E-state index in [9.17, 15) is 4.79 Å². The van der Waals surface area contributed by atoms with E-state index in [0.29, 0.717) is 12.2 Å². The van der Waals surface area contributed by atoms with E-state index in [-0.39, 0.29) is 16.9 Å². The van der Waals surface area contributed by atoms with Crippen molar-refractivity contribution in [1.29, 1.82) is 0 Å². The fourth-order valence-electron chi connectivity index (χ4n) is 3.91. The standard InChI is InChI=1S/C28H41O2S/c1-4-6-7-8-9-10-11-12-13-16-22-31(27-21-15-14-18-24(27)3)26-20-17-19-25(23-26)28(29)30-5-2/h14-15,17-21,23H,4-13,16,22H2,1-3H3/q+1. The minimum atomic E-state index is -0.225. The molecule has 2 aromatic rings. The topological polar surface area (TPSA) is 26.3 Å². The first-order valence-corrected chi connectivity index (χ1v) is 13.6. The predicted molar refractivity (Wildman–Crippen MR) is 134 cm³/mol. The van der Waals surface area contributed by atoms with Crippen molar-refractivity contribution in [3.63, 3.8) is 0 Å². The van der Waals surface area contributed by atoms with Gasteiger partial charge in [0.05, 0.1) is 23.1 Å². The summed E-state index contributed by atoms with van der Waals surface area (Å²) < 4.78 is 5.22. The van der Waals surface area contributed by atoms with E-state index in [1.165, 1.54) is 79.6 Å². The van der Waals surface area contributed by atoms with Gasteiger partial charge >= 0.3 is 5.97 Å². The average molecular weight is 442 g/mol. The van der Waals surface area contributed by atoms with Gasteiger partial charge in [0.1, 0.15) is 5.75 Å². The van der Waals surface area contributed by atoms with Crippen LogP contribution in [0.5, 0.6) is 0 Å². The molecular formula is C28H41O2S+. The first-order valence-electron chi connectivity index (χ1n) is 12.2. The molecule has 1 unspecified atom stereocenters. The van der Waals surface area contributed by atoms with Crippen LogP contribution in [0.3, 0.4) is 0 Å². The van der Waals surface area contributed by atoms with E-state index in [4.69, 9.17) is 4.74 Å². The molecule has 0 saturated carbocycles. The number of hydrogen-bond acceptors (Lipinski definition) is 2.